The fourth-order valence-corrected chi connectivity index (χ4v) is 2.80. The van der Waals surface area contributed by atoms with Crippen LogP contribution < -0.4 is 10.6 Å². The van der Waals surface area contributed by atoms with Gasteiger partial charge in [0.2, 0.25) is 5.91 Å². The third-order valence-corrected chi connectivity index (χ3v) is 3.89. The Labute approximate surface area is 122 Å². The number of rotatable bonds is 4. The summed E-state index contributed by atoms with van der Waals surface area (Å²) in [6.07, 6.45) is -0.0751. The Bertz CT molecular complexity index is 442. The Morgan fingerprint density at radius 3 is 2.74 bits per heavy atom. The average molecular weight is 303 g/mol. The summed E-state index contributed by atoms with van der Waals surface area (Å²) in [5.41, 5.74) is 0.454. The van der Waals surface area contributed by atoms with Crippen molar-refractivity contribution in [1.29, 1.82) is 0 Å². The smallest absolute Gasteiger partial charge is 0.224 e. The summed E-state index contributed by atoms with van der Waals surface area (Å²) in [6, 6.07) is 5.03. The number of carbonyl (C=O) groups is 1. The van der Waals surface area contributed by atoms with Gasteiger partial charge in [-0.25, -0.2) is 0 Å². The van der Waals surface area contributed by atoms with E-state index >= 15 is 0 Å². The van der Waals surface area contributed by atoms with Crippen molar-refractivity contribution < 1.29 is 9.90 Å². The zero-order valence-corrected chi connectivity index (χ0v) is 11.8. The van der Waals surface area contributed by atoms with E-state index < -0.39 is 6.10 Å². The Morgan fingerprint density at radius 2 is 2.16 bits per heavy atom. The summed E-state index contributed by atoms with van der Waals surface area (Å²) in [5, 5.41) is 16.7. The van der Waals surface area contributed by atoms with Gasteiger partial charge in [-0.2, -0.15) is 0 Å². The van der Waals surface area contributed by atoms with Gasteiger partial charge in [-0.1, -0.05) is 29.3 Å². The van der Waals surface area contributed by atoms with Crippen molar-refractivity contribution in [2.45, 2.75) is 12.5 Å². The molecule has 1 heterocycles. The molecule has 4 nitrogen and oxygen atoms in total. The van der Waals surface area contributed by atoms with Gasteiger partial charge in [0, 0.05) is 28.7 Å². The molecule has 104 valence electrons. The number of hydrogen-bond donors (Lipinski definition) is 3. The highest BCUT2D eigenvalue weighted by atomic mass is 35.5. The molecule has 0 spiro atoms. The van der Waals surface area contributed by atoms with Gasteiger partial charge in [-0.3, -0.25) is 4.79 Å². The molecule has 0 saturated carbocycles. The van der Waals surface area contributed by atoms with Crippen molar-refractivity contribution in [3.63, 3.8) is 0 Å². The van der Waals surface area contributed by atoms with Gasteiger partial charge in [0.25, 0.3) is 0 Å². The van der Waals surface area contributed by atoms with E-state index in [2.05, 4.69) is 10.6 Å². The van der Waals surface area contributed by atoms with Crippen LogP contribution in [0.5, 0.6) is 0 Å². The first-order chi connectivity index (χ1) is 9.09. The molecule has 3 N–H and O–H groups in total. The minimum Gasteiger partial charge on any atom is -0.386 e. The summed E-state index contributed by atoms with van der Waals surface area (Å²) in [7, 11) is 0. The zero-order valence-electron chi connectivity index (χ0n) is 10.3. The highest BCUT2D eigenvalue weighted by Crippen LogP contribution is 2.29. The lowest BCUT2D eigenvalue weighted by molar-refractivity contribution is -0.124. The second-order valence-electron chi connectivity index (χ2n) is 4.59. The molecule has 1 saturated heterocycles. The van der Waals surface area contributed by atoms with E-state index in [4.69, 9.17) is 23.2 Å². The Kier molecular flexibility index (Phi) is 5.05. The van der Waals surface area contributed by atoms with Gasteiger partial charge in [0.1, 0.15) is 0 Å². The first kappa shape index (κ1) is 14.6. The minimum atomic E-state index is -0.903. The highest BCUT2D eigenvalue weighted by Gasteiger charge is 2.23. The van der Waals surface area contributed by atoms with Gasteiger partial charge in [0.15, 0.2) is 0 Å². The van der Waals surface area contributed by atoms with E-state index in [1.807, 2.05) is 0 Å². The maximum absolute atomic E-state index is 11.8. The predicted molar refractivity (Wildman–Crippen MR) is 75.4 cm³/mol. The number of benzene rings is 1. The maximum Gasteiger partial charge on any atom is 0.224 e. The van der Waals surface area contributed by atoms with Crippen molar-refractivity contribution in [2.75, 3.05) is 19.6 Å². The van der Waals surface area contributed by atoms with Crippen molar-refractivity contribution in [1.82, 2.24) is 10.6 Å². The van der Waals surface area contributed by atoms with Crippen LogP contribution in [0.4, 0.5) is 0 Å². The lowest BCUT2D eigenvalue weighted by Gasteiger charge is -2.16. The zero-order chi connectivity index (χ0) is 13.8. The van der Waals surface area contributed by atoms with E-state index in [9.17, 15) is 9.90 Å². The van der Waals surface area contributed by atoms with Gasteiger partial charge < -0.3 is 15.7 Å². The number of halogens is 2. The van der Waals surface area contributed by atoms with E-state index in [-0.39, 0.29) is 18.4 Å². The molecule has 0 aliphatic carbocycles. The molecule has 6 heteroatoms. The van der Waals surface area contributed by atoms with Crippen molar-refractivity contribution in [3.8, 4) is 0 Å². The second-order valence-corrected chi connectivity index (χ2v) is 5.40. The van der Waals surface area contributed by atoms with Crippen LogP contribution in [0.2, 0.25) is 10.0 Å². The Hall–Kier alpha value is -0.810. The van der Waals surface area contributed by atoms with Gasteiger partial charge in [0.05, 0.1) is 12.0 Å². The first-order valence-corrected chi connectivity index (χ1v) is 6.95. The van der Waals surface area contributed by atoms with Crippen LogP contribution in [0.1, 0.15) is 18.1 Å². The lowest BCUT2D eigenvalue weighted by Crippen LogP contribution is -2.34. The number of aliphatic hydroxyl groups excluding tert-OH is 1. The van der Waals surface area contributed by atoms with Gasteiger partial charge in [-0.15, -0.1) is 0 Å². The highest BCUT2D eigenvalue weighted by molar-refractivity contribution is 6.36. The molecule has 2 rings (SSSR count). The molecule has 1 aromatic rings. The largest absolute Gasteiger partial charge is 0.386 e. The first-order valence-electron chi connectivity index (χ1n) is 6.20. The SMILES string of the molecule is O=C(NCC(O)c1c(Cl)cccc1Cl)C1CCNC1. The van der Waals surface area contributed by atoms with Crippen molar-refractivity contribution in [3.05, 3.63) is 33.8 Å². The number of carbonyl (C=O) groups excluding carboxylic acids is 1. The molecule has 1 aliphatic rings. The predicted octanol–water partition coefficient (Wildman–Crippen LogP) is 1.75. The van der Waals surface area contributed by atoms with E-state index in [1.165, 1.54) is 0 Å². The summed E-state index contributed by atoms with van der Waals surface area (Å²) < 4.78 is 0. The molecule has 0 radical (unpaired) electrons. The Morgan fingerprint density at radius 1 is 1.47 bits per heavy atom. The van der Waals surface area contributed by atoms with E-state index in [0.29, 0.717) is 22.2 Å². The van der Waals surface area contributed by atoms with Gasteiger partial charge >= 0.3 is 0 Å². The fraction of sp³-hybridized carbons (Fsp3) is 0.462. The van der Waals surface area contributed by atoms with Crippen molar-refractivity contribution in [2.24, 2.45) is 5.92 Å². The molecule has 2 atom stereocenters. The van der Waals surface area contributed by atoms with Crippen LogP contribution in [0.3, 0.4) is 0 Å². The van der Waals surface area contributed by atoms with E-state index in [0.717, 1.165) is 13.0 Å². The molecule has 1 amide bonds. The molecular weight excluding hydrogens is 287 g/mol. The maximum atomic E-state index is 11.8. The minimum absolute atomic E-state index is 0.0195. The lowest BCUT2D eigenvalue weighted by atomic mass is 10.1. The monoisotopic (exact) mass is 302 g/mol. The topological polar surface area (TPSA) is 61.4 Å². The molecule has 2 unspecified atom stereocenters. The number of hydrogen-bond acceptors (Lipinski definition) is 3. The molecule has 0 bridgehead atoms. The van der Waals surface area contributed by atoms with Crippen LogP contribution in [-0.2, 0) is 4.79 Å². The van der Waals surface area contributed by atoms with E-state index in [1.54, 1.807) is 18.2 Å². The number of amides is 1. The fourth-order valence-electron chi connectivity index (χ4n) is 2.15. The summed E-state index contributed by atoms with van der Waals surface area (Å²) in [6.45, 7) is 1.66. The average Bonchev–Trinajstić information content (AvgIpc) is 2.89. The molecule has 1 fully saturated rings. The van der Waals surface area contributed by atoms with Crippen LogP contribution in [-0.4, -0.2) is 30.6 Å². The number of nitrogens with one attached hydrogen (secondary N) is 2. The molecule has 19 heavy (non-hydrogen) atoms. The summed E-state index contributed by atoms with van der Waals surface area (Å²) >= 11 is 12.0. The third kappa shape index (κ3) is 3.60. The normalized spacial score (nSPS) is 20.3. The second kappa shape index (κ2) is 6.57. The Balaban J connectivity index is 1.93. The molecule has 1 aliphatic heterocycles. The summed E-state index contributed by atoms with van der Waals surface area (Å²) in [5.74, 6) is -0.0684. The quantitative estimate of drug-likeness (QED) is 0.794. The summed E-state index contributed by atoms with van der Waals surface area (Å²) in [4.78, 5) is 11.8. The van der Waals surface area contributed by atoms with Crippen LogP contribution in [0.25, 0.3) is 0 Å². The van der Waals surface area contributed by atoms with Crippen LogP contribution in [0, 0.1) is 5.92 Å². The molecular formula is C13H16Cl2N2O2. The standard InChI is InChI=1S/C13H16Cl2N2O2/c14-9-2-1-3-10(15)12(9)11(18)7-17-13(19)8-4-5-16-6-8/h1-3,8,11,16,18H,4-7H2,(H,17,19). The van der Waals surface area contributed by atoms with Crippen LogP contribution >= 0.6 is 23.2 Å². The number of aliphatic hydroxyl groups is 1. The molecule has 1 aromatic carbocycles. The third-order valence-electron chi connectivity index (χ3n) is 3.23. The van der Waals surface area contributed by atoms with Gasteiger partial charge in [-0.05, 0) is 25.1 Å². The molecule has 0 aromatic heterocycles. The van der Waals surface area contributed by atoms with Crippen LogP contribution in [0.15, 0.2) is 18.2 Å². The van der Waals surface area contributed by atoms with Crippen molar-refractivity contribution >= 4 is 29.1 Å².